The van der Waals surface area contributed by atoms with E-state index in [0.29, 0.717) is 6.04 Å². The van der Waals surface area contributed by atoms with Crippen LogP contribution < -0.4 is 0 Å². The van der Waals surface area contributed by atoms with Gasteiger partial charge in [0.25, 0.3) is 0 Å². The third kappa shape index (κ3) is 3.25. The van der Waals surface area contributed by atoms with E-state index in [2.05, 4.69) is 34.1 Å². The van der Waals surface area contributed by atoms with Gasteiger partial charge in [-0.05, 0) is 69.7 Å². The van der Waals surface area contributed by atoms with E-state index in [1.54, 1.807) is 0 Å². The Morgan fingerprint density at radius 2 is 2.00 bits per heavy atom. The smallest absolute Gasteiger partial charge is 0.411 e. The molecule has 0 heterocycles. The summed E-state index contributed by atoms with van der Waals surface area (Å²) >= 11 is 3.53. The lowest BCUT2D eigenvalue weighted by molar-refractivity contribution is 0.0137. The quantitative estimate of drug-likeness (QED) is 0.763. The molecule has 0 N–H and O–H groups in total. The topological polar surface area (TPSA) is 29.5 Å². The molecule has 4 heteroatoms. The van der Waals surface area contributed by atoms with Gasteiger partial charge in [0.05, 0.1) is 6.04 Å². The predicted molar refractivity (Wildman–Crippen MR) is 86.3 cm³/mol. The molecule has 0 spiro atoms. The van der Waals surface area contributed by atoms with E-state index in [-0.39, 0.29) is 12.1 Å². The van der Waals surface area contributed by atoms with Gasteiger partial charge in [-0.25, -0.2) is 4.79 Å². The molecule has 1 unspecified atom stereocenters. The third-order valence-electron chi connectivity index (χ3n) is 4.03. The van der Waals surface area contributed by atoms with Crippen LogP contribution in [0.5, 0.6) is 0 Å². The molecule has 1 aromatic rings. The Bertz CT molecular complexity index is 560. The molecule has 1 fully saturated rings. The van der Waals surface area contributed by atoms with Crippen molar-refractivity contribution >= 4 is 22.0 Å². The van der Waals surface area contributed by atoms with Crippen LogP contribution in [0.25, 0.3) is 0 Å². The molecule has 21 heavy (non-hydrogen) atoms. The first kappa shape index (κ1) is 14.9. The number of aryl methyl sites for hydroxylation is 1. The molecular weight excluding hydrogens is 330 g/mol. The van der Waals surface area contributed by atoms with Gasteiger partial charge in [-0.3, -0.25) is 4.90 Å². The maximum atomic E-state index is 12.6. The Hall–Kier alpha value is -1.03. The molecule has 1 atom stereocenters. The van der Waals surface area contributed by atoms with Crippen molar-refractivity contribution in [2.75, 3.05) is 0 Å². The van der Waals surface area contributed by atoms with E-state index in [9.17, 15) is 4.79 Å². The highest BCUT2D eigenvalue weighted by molar-refractivity contribution is 9.10. The van der Waals surface area contributed by atoms with Gasteiger partial charge in [-0.2, -0.15) is 0 Å². The number of nitrogens with zero attached hydrogens (tertiary/aromatic N) is 1. The van der Waals surface area contributed by atoms with Gasteiger partial charge in [0, 0.05) is 10.5 Å². The van der Waals surface area contributed by atoms with Crippen molar-refractivity contribution in [3.05, 3.63) is 33.8 Å². The minimum Gasteiger partial charge on any atom is -0.444 e. The van der Waals surface area contributed by atoms with Crippen LogP contribution in [0.4, 0.5) is 4.79 Å². The zero-order valence-corrected chi connectivity index (χ0v) is 14.4. The van der Waals surface area contributed by atoms with Crippen LogP contribution in [0, 0.1) is 0 Å². The fourth-order valence-corrected chi connectivity index (χ4v) is 3.46. The highest BCUT2D eigenvalue weighted by Crippen LogP contribution is 2.43. The van der Waals surface area contributed by atoms with Crippen LogP contribution in [0.3, 0.4) is 0 Å². The number of ether oxygens (including phenoxy) is 1. The van der Waals surface area contributed by atoms with Crippen molar-refractivity contribution < 1.29 is 9.53 Å². The second-order valence-electron chi connectivity index (χ2n) is 7.02. The summed E-state index contributed by atoms with van der Waals surface area (Å²) in [6.07, 6.45) is 4.07. The van der Waals surface area contributed by atoms with Gasteiger partial charge in [0.15, 0.2) is 0 Å². The molecule has 0 radical (unpaired) electrons. The highest BCUT2D eigenvalue weighted by Gasteiger charge is 2.42. The summed E-state index contributed by atoms with van der Waals surface area (Å²) in [5.74, 6) is 0. The minimum atomic E-state index is -0.439. The maximum absolute atomic E-state index is 12.6. The lowest BCUT2D eigenvalue weighted by Gasteiger charge is -2.32. The average molecular weight is 352 g/mol. The number of fused-ring (bicyclic) bond motifs is 1. The van der Waals surface area contributed by atoms with Crippen molar-refractivity contribution in [1.29, 1.82) is 0 Å². The third-order valence-corrected chi connectivity index (χ3v) is 4.52. The summed E-state index contributed by atoms with van der Waals surface area (Å²) in [7, 11) is 0. The van der Waals surface area contributed by atoms with Gasteiger partial charge in [0.1, 0.15) is 5.60 Å². The van der Waals surface area contributed by atoms with Crippen molar-refractivity contribution in [3.8, 4) is 0 Å². The van der Waals surface area contributed by atoms with Crippen molar-refractivity contribution in [2.24, 2.45) is 0 Å². The van der Waals surface area contributed by atoms with Crippen molar-refractivity contribution in [1.82, 2.24) is 4.90 Å². The van der Waals surface area contributed by atoms with Gasteiger partial charge in [-0.1, -0.05) is 22.0 Å². The second kappa shape index (κ2) is 5.31. The first-order chi connectivity index (χ1) is 9.85. The highest BCUT2D eigenvalue weighted by atomic mass is 79.9. The number of carbonyl (C=O) groups is 1. The first-order valence-electron chi connectivity index (χ1n) is 7.65. The summed E-state index contributed by atoms with van der Waals surface area (Å²) < 4.78 is 6.74. The molecule has 1 amide bonds. The van der Waals surface area contributed by atoms with E-state index in [0.717, 1.165) is 30.2 Å². The monoisotopic (exact) mass is 351 g/mol. The van der Waals surface area contributed by atoms with Crippen LogP contribution in [0.1, 0.15) is 57.2 Å². The molecule has 1 aromatic carbocycles. The van der Waals surface area contributed by atoms with E-state index in [1.165, 1.54) is 11.1 Å². The molecular formula is C17H22BrNO2. The number of hydrogen-bond donors (Lipinski definition) is 0. The average Bonchev–Trinajstić information content (AvgIpc) is 3.09. The van der Waals surface area contributed by atoms with Gasteiger partial charge in [0.2, 0.25) is 0 Å². The molecule has 1 saturated carbocycles. The molecule has 0 aliphatic heterocycles. The van der Waals surface area contributed by atoms with E-state index in [4.69, 9.17) is 4.74 Å². The van der Waals surface area contributed by atoms with Crippen LogP contribution >= 0.6 is 15.9 Å². The zero-order valence-electron chi connectivity index (χ0n) is 12.9. The maximum Gasteiger partial charge on any atom is 0.411 e. The summed E-state index contributed by atoms with van der Waals surface area (Å²) in [5.41, 5.74) is 2.20. The number of halogens is 1. The van der Waals surface area contributed by atoms with Gasteiger partial charge in [-0.15, -0.1) is 0 Å². The van der Waals surface area contributed by atoms with Crippen LogP contribution in [-0.2, 0) is 11.2 Å². The molecule has 2 aliphatic rings. The summed E-state index contributed by atoms with van der Waals surface area (Å²) in [5, 5.41) is 0. The lowest BCUT2D eigenvalue weighted by Crippen LogP contribution is -2.40. The number of rotatable bonds is 2. The molecule has 114 valence electrons. The minimum absolute atomic E-state index is 0.161. The fraction of sp³-hybridized carbons (Fsp3) is 0.588. The summed E-state index contributed by atoms with van der Waals surface area (Å²) in [6.45, 7) is 5.78. The van der Waals surface area contributed by atoms with Crippen LogP contribution in [-0.4, -0.2) is 22.6 Å². The number of benzene rings is 1. The number of hydrogen-bond acceptors (Lipinski definition) is 2. The molecule has 3 rings (SSSR count). The zero-order chi connectivity index (χ0) is 15.2. The lowest BCUT2D eigenvalue weighted by atomic mass is 10.1. The summed E-state index contributed by atoms with van der Waals surface area (Å²) in [6, 6.07) is 6.93. The Balaban J connectivity index is 1.85. The fourth-order valence-electron chi connectivity index (χ4n) is 3.05. The number of carbonyl (C=O) groups excluding carboxylic acids is 1. The predicted octanol–water partition coefficient (Wildman–Crippen LogP) is 4.84. The molecule has 0 aromatic heterocycles. The Morgan fingerprint density at radius 3 is 2.62 bits per heavy atom. The van der Waals surface area contributed by atoms with E-state index < -0.39 is 5.60 Å². The standard InChI is InChI=1S/C17H22BrNO2/c1-17(2,3)21-16(20)19(13-6-7-13)15-9-4-11-10-12(18)5-8-14(11)15/h5,8,10,13,15H,4,6-7,9H2,1-3H3. The normalized spacial score (nSPS) is 21.0. The first-order valence-corrected chi connectivity index (χ1v) is 8.44. The molecule has 0 bridgehead atoms. The van der Waals surface area contributed by atoms with Crippen LogP contribution in [0.2, 0.25) is 0 Å². The Morgan fingerprint density at radius 1 is 1.29 bits per heavy atom. The van der Waals surface area contributed by atoms with Crippen molar-refractivity contribution in [2.45, 2.75) is 64.1 Å². The van der Waals surface area contributed by atoms with Gasteiger partial charge >= 0.3 is 6.09 Å². The SMILES string of the molecule is CC(C)(C)OC(=O)N(C1CC1)C1CCc2cc(Br)ccc21. The van der Waals surface area contributed by atoms with E-state index >= 15 is 0 Å². The Labute approximate surface area is 134 Å². The largest absolute Gasteiger partial charge is 0.444 e. The van der Waals surface area contributed by atoms with Crippen molar-refractivity contribution in [3.63, 3.8) is 0 Å². The number of amides is 1. The molecule has 3 nitrogen and oxygen atoms in total. The Kier molecular flexibility index (Phi) is 3.76. The van der Waals surface area contributed by atoms with E-state index in [1.807, 2.05) is 25.7 Å². The second-order valence-corrected chi connectivity index (χ2v) is 7.93. The van der Waals surface area contributed by atoms with Gasteiger partial charge < -0.3 is 4.74 Å². The molecule has 0 saturated heterocycles. The molecule has 2 aliphatic carbocycles. The summed E-state index contributed by atoms with van der Waals surface area (Å²) in [4.78, 5) is 14.6. The van der Waals surface area contributed by atoms with Crippen LogP contribution in [0.15, 0.2) is 22.7 Å².